The first-order valence-electron chi connectivity index (χ1n) is 6.92. The summed E-state index contributed by atoms with van der Waals surface area (Å²) in [6.45, 7) is 5.04. The van der Waals surface area contributed by atoms with Gasteiger partial charge in [-0.05, 0) is 13.3 Å². The van der Waals surface area contributed by atoms with E-state index < -0.39 is 11.6 Å². The molecule has 0 radical (unpaired) electrons. The van der Waals surface area contributed by atoms with E-state index in [1.807, 2.05) is 24.6 Å². The van der Waals surface area contributed by atoms with Gasteiger partial charge in [0.05, 0.1) is 6.33 Å². The van der Waals surface area contributed by atoms with E-state index in [2.05, 4.69) is 20.6 Å². The van der Waals surface area contributed by atoms with Crippen molar-refractivity contribution in [3.63, 3.8) is 0 Å². The molecule has 2 rings (SSSR count). The summed E-state index contributed by atoms with van der Waals surface area (Å²) in [4.78, 5) is 7.93. The van der Waals surface area contributed by atoms with Crippen LogP contribution in [0.25, 0.3) is 0 Å². The Hall–Kier alpha value is -2.18. The molecule has 7 heteroatoms. The maximum atomic E-state index is 13.8. The second-order valence-corrected chi connectivity index (χ2v) is 4.88. The molecule has 0 saturated heterocycles. The second-order valence-electron chi connectivity index (χ2n) is 4.88. The van der Waals surface area contributed by atoms with Gasteiger partial charge < -0.3 is 15.2 Å². The van der Waals surface area contributed by atoms with Gasteiger partial charge in [0.2, 0.25) is 0 Å². The highest BCUT2D eigenvalue weighted by Crippen LogP contribution is 2.19. The lowest BCUT2D eigenvalue weighted by atomic mass is 10.3. The highest BCUT2D eigenvalue weighted by molar-refractivity contribution is 5.47. The van der Waals surface area contributed by atoms with E-state index in [0.29, 0.717) is 13.1 Å². The summed E-state index contributed by atoms with van der Waals surface area (Å²) in [7, 11) is 0. The van der Waals surface area contributed by atoms with Crippen LogP contribution in [-0.4, -0.2) is 27.1 Å². The van der Waals surface area contributed by atoms with E-state index in [-0.39, 0.29) is 17.7 Å². The molecule has 0 spiro atoms. The summed E-state index contributed by atoms with van der Waals surface area (Å²) in [5, 5.41) is 5.79. The largest absolute Gasteiger partial charge is 0.368 e. The first-order chi connectivity index (χ1) is 10.1. The second kappa shape index (κ2) is 7.01. The molecule has 21 heavy (non-hydrogen) atoms. The Labute approximate surface area is 122 Å². The molecule has 0 aliphatic carbocycles. The molecule has 0 aliphatic rings. The van der Waals surface area contributed by atoms with Gasteiger partial charge in [0.25, 0.3) is 0 Å². The number of hydrogen-bond acceptors (Lipinski definition) is 4. The molecule has 1 atom stereocenters. The van der Waals surface area contributed by atoms with Gasteiger partial charge in [-0.3, -0.25) is 0 Å². The van der Waals surface area contributed by atoms with Gasteiger partial charge in [0.1, 0.15) is 0 Å². The van der Waals surface area contributed by atoms with Crippen molar-refractivity contribution >= 4 is 11.6 Å². The molecule has 0 saturated carbocycles. The Kier molecular flexibility index (Phi) is 5.08. The van der Waals surface area contributed by atoms with Crippen LogP contribution in [0, 0.1) is 11.6 Å². The Bertz CT molecular complexity index is 571. The normalized spacial score (nSPS) is 12.2. The van der Waals surface area contributed by atoms with Gasteiger partial charge in [-0.15, -0.1) is 0 Å². The zero-order valence-electron chi connectivity index (χ0n) is 12.1. The summed E-state index contributed by atoms with van der Waals surface area (Å²) in [5.74, 6) is -1.28. The molecule has 0 bridgehead atoms. The van der Waals surface area contributed by atoms with Crippen molar-refractivity contribution in [2.24, 2.45) is 0 Å². The van der Waals surface area contributed by atoms with E-state index in [1.54, 1.807) is 12.5 Å². The average molecular weight is 295 g/mol. The van der Waals surface area contributed by atoms with Crippen LogP contribution < -0.4 is 10.6 Å². The minimum absolute atomic E-state index is 0.0441. The van der Waals surface area contributed by atoms with E-state index in [4.69, 9.17) is 0 Å². The van der Waals surface area contributed by atoms with Crippen LogP contribution in [0.5, 0.6) is 0 Å². The molecule has 1 unspecified atom stereocenters. The molecule has 0 amide bonds. The van der Waals surface area contributed by atoms with Crippen molar-refractivity contribution in [3.05, 3.63) is 36.4 Å². The zero-order chi connectivity index (χ0) is 15.2. The molecule has 114 valence electrons. The van der Waals surface area contributed by atoms with E-state index >= 15 is 0 Å². The van der Waals surface area contributed by atoms with Crippen LogP contribution in [0.4, 0.5) is 20.4 Å². The molecule has 0 aromatic carbocycles. The van der Waals surface area contributed by atoms with Crippen LogP contribution in [-0.2, 0) is 6.54 Å². The van der Waals surface area contributed by atoms with Gasteiger partial charge in [-0.1, -0.05) is 6.92 Å². The maximum Gasteiger partial charge on any atom is 0.168 e. The summed E-state index contributed by atoms with van der Waals surface area (Å²) in [5.41, 5.74) is 0. The average Bonchev–Trinajstić information content (AvgIpc) is 2.93. The quantitative estimate of drug-likeness (QED) is 0.824. The molecule has 2 aromatic rings. The Morgan fingerprint density at radius 2 is 2.05 bits per heavy atom. The van der Waals surface area contributed by atoms with Crippen LogP contribution >= 0.6 is 0 Å². The zero-order valence-corrected chi connectivity index (χ0v) is 12.1. The van der Waals surface area contributed by atoms with Crippen LogP contribution in [0.15, 0.2) is 24.8 Å². The molecule has 0 fully saturated rings. The summed E-state index contributed by atoms with van der Waals surface area (Å²) in [6.07, 6.45) is 6.01. The fraction of sp³-hybridized carbons (Fsp3) is 0.429. The highest BCUT2D eigenvalue weighted by atomic mass is 19.1. The predicted octanol–water partition coefficient (Wildman–Crippen LogP) is 2.88. The third kappa shape index (κ3) is 4.14. The van der Waals surface area contributed by atoms with Gasteiger partial charge >= 0.3 is 0 Å². The summed E-state index contributed by atoms with van der Waals surface area (Å²) in [6, 6.07) is 0.766. The topological polar surface area (TPSA) is 54.8 Å². The lowest BCUT2D eigenvalue weighted by molar-refractivity contribution is 0.568. The first kappa shape index (κ1) is 15.2. The smallest absolute Gasteiger partial charge is 0.168 e. The van der Waals surface area contributed by atoms with Crippen molar-refractivity contribution in [2.45, 2.75) is 32.9 Å². The van der Waals surface area contributed by atoms with E-state index in [9.17, 15) is 8.78 Å². The number of anilines is 2. The SMILES string of the molecule is CCCNc1nc(NC(C)Cn2ccnc2)c(F)cc1F. The molecule has 0 aliphatic heterocycles. The van der Waals surface area contributed by atoms with Crippen molar-refractivity contribution in [3.8, 4) is 0 Å². The van der Waals surface area contributed by atoms with Crippen molar-refractivity contribution in [2.75, 3.05) is 17.2 Å². The highest BCUT2D eigenvalue weighted by Gasteiger charge is 2.13. The maximum absolute atomic E-state index is 13.8. The number of pyridine rings is 1. The van der Waals surface area contributed by atoms with Crippen LogP contribution in [0.1, 0.15) is 20.3 Å². The number of nitrogens with zero attached hydrogens (tertiary/aromatic N) is 3. The molecule has 2 heterocycles. The number of nitrogens with one attached hydrogen (secondary N) is 2. The number of halogens is 2. The number of rotatable bonds is 7. The molecular formula is C14H19F2N5. The van der Waals surface area contributed by atoms with Crippen LogP contribution in [0.3, 0.4) is 0 Å². The van der Waals surface area contributed by atoms with Gasteiger partial charge in [0.15, 0.2) is 23.3 Å². The summed E-state index contributed by atoms with van der Waals surface area (Å²) < 4.78 is 29.2. The van der Waals surface area contributed by atoms with Gasteiger partial charge in [-0.2, -0.15) is 0 Å². The van der Waals surface area contributed by atoms with Crippen molar-refractivity contribution < 1.29 is 8.78 Å². The molecule has 2 N–H and O–H groups in total. The Balaban J connectivity index is 2.07. The van der Waals surface area contributed by atoms with Gasteiger partial charge in [-0.25, -0.2) is 18.7 Å². The third-order valence-electron chi connectivity index (χ3n) is 2.90. The molecule has 2 aromatic heterocycles. The fourth-order valence-corrected chi connectivity index (χ4v) is 1.93. The van der Waals surface area contributed by atoms with E-state index in [0.717, 1.165) is 12.5 Å². The predicted molar refractivity (Wildman–Crippen MR) is 78.2 cm³/mol. The van der Waals surface area contributed by atoms with E-state index in [1.165, 1.54) is 0 Å². The van der Waals surface area contributed by atoms with Crippen molar-refractivity contribution in [1.29, 1.82) is 0 Å². The Morgan fingerprint density at radius 1 is 1.29 bits per heavy atom. The number of hydrogen-bond donors (Lipinski definition) is 2. The third-order valence-corrected chi connectivity index (χ3v) is 2.90. The molecule has 5 nitrogen and oxygen atoms in total. The van der Waals surface area contributed by atoms with Crippen molar-refractivity contribution in [1.82, 2.24) is 14.5 Å². The Morgan fingerprint density at radius 3 is 2.71 bits per heavy atom. The summed E-state index contributed by atoms with van der Waals surface area (Å²) >= 11 is 0. The minimum Gasteiger partial charge on any atom is -0.368 e. The number of aromatic nitrogens is 3. The standard InChI is InChI=1S/C14H19F2N5/c1-3-4-18-13-11(15)7-12(16)14(20-13)19-10(2)8-21-6-5-17-9-21/h5-7,9-10H,3-4,8H2,1-2H3,(H2,18,19,20). The first-order valence-corrected chi connectivity index (χ1v) is 6.92. The number of imidazole rings is 1. The molecular weight excluding hydrogens is 276 g/mol. The fourth-order valence-electron chi connectivity index (χ4n) is 1.93. The monoisotopic (exact) mass is 295 g/mol. The van der Waals surface area contributed by atoms with Gasteiger partial charge in [0, 0.05) is 37.6 Å². The minimum atomic E-state index is -0.702. The lowest BCUT2D eigenvalue weighted by Gasteiger charge is -2.16. The lowest BCUT2D eigenvalue weighted by Crippen LogP contribution is -2.23. The van der Waals surface area contributed by atoms with Crippen LogP contribution in [0.2, 0.25) is 0 Å².